The van der Waals surface area contributed by atoms with Crippen LogP contribution in [-0.4, -0.2) is 49.2 Å². The predicted octanol–water partition coefficient (Wildman–Crippen LogP) is 4.29. The van der Waals surface area contributed by atoms with E-state index in [4.69, 9.17) is 9.47 Å². The van der Waals surface area contributed by atoms with Crippen molar-refractivity contribution < 1.29 is 28.7 Å². The highest BCUT2D eigenvalue weighted by atomic mass is 16.6. The maximum absolute atomic E-state index is 13.1. The van der Waals surface area contributed by atoms with Crippen molar-refractivity contribution >= 4 is 24.0 Å². The Labute approximate surface area is 268 Å². The molecule has 0 aliphatic rings. The lowest BCUT2D eigenvalue weighted by molar-refractivity contribution is -0.124. The first kappa shape index (κ1) is 33.3. The average molecular weight is 623 g/mol. The molecule has 4 N–H and O–H groups in total. The van der Waals surface area contributed by atoms with Crippen molar-refractivity contribution in [2.45, 2.75) is 38.1 Å². The SMILES string of the molecule is O=C(N[C@@H](Cc1ccccc1)C(=O)NCCNC(=O)[C@H](Cc1ccccc1)NC(=O)OCc1ccccc1)OCc1ccccc1. The molecule has 0 aliphatic heterocycles. The first-order valence-electron chi connectivity index (χ1n) is 15.0. The van der Waals surface area contributed by atoms with Crippen LogP contribution in [0.4, 0.5) is 9.59 Å². The number of carbonyl (C=O) groups is 4. The highest BCUT2D eigenvalue weighted by Gasteiger charge is 2.24. The minimum absolute atomic E-state index is 0.0658. The molecule has 4 amide bonds. The summed E-state index contributed by atoms with van der Waals surface area (Å²) < 4.78 is 10.6. The molecule has 10 heteroatoms. The summed E-state index contributed by atoms with van der Waals surface area (Å²) in [6, 6.07) is 35.2. The second kappa shape index (κ2) is 18.2. The topological polar surface area (TPSA) is 135 Å². The van der Waals surface area contributed by atoms with Crippen molar-refractivity contribution in [2.24, 2.45) is 0 Å². The molecular formula is C36H38N4O6. The number of ether oxygens (including phenoxy) is 2. The molecule has 238 valence electrons. The lowest BCUT2D eigenvalue weighted by atomic mass is 10.1. The van der Waals surface area contributed by atoms with Gasteiger partial charge < -0.3 is 30.7 Å². The van der Waals surface area contributed by atoms with Gasteiger partial charge in [0.2, 0.25) is 11.8 Å². The molecule has 0 saturated heterocycles. The molecule has 0 spiro atoms. The van der Waals surface area contributed by atoms with Crippen LogP contribution in [0.2, 0.25) is 0 Å². The van der Waals surface area contributed by atoms with Crippen LogP contribution in [0, 0.1) is 0 Å². The molecule has 4 rings (SSSR count). The number of hydrogen-bond donors (Lipinski definition) is 4. The van der Waals surface area contributed by atoms with Gasteiger partial charge in [-0.05, 0) is 22.3 Å². The number of hydrogen-bond acceptors (Lipinski definition) is 6. The summed E-state index contributed by atoms with van der Waals surface area (Å²) in [4.78, 5) is 51.4. The summed E-state index contributed by atoms with van der Waals surface area (Å²) in [6.45, 7) is 0.312. The molecule has 2 atom stereocenters. The van der Waals surface area contributed by atoms with E-state index in [0.29, 0.717) is 0 Å². The van der Waals surface area contributed by atoms with E-state index in [2.05, 4.69) is 21.3 Å². The average Bonchev–Trinajstić information content (AvgIpc) is 3.09. The Morgan fingerprint density at radius 1 is 0.457 bits per heavy atom. The van der Waals surface area contributed by atoms with Gasteiger partial charge in [-0.2, -0.15) is 0 Å². The minimum atomic E-state index is -0.909. The van der Waals surface area contributed by atoms with Crippen LogP contribution in [-0.2, 0) is 45.1 Å². The second-order valence-electron chi connectivity index (χ2n) is 10.5. The van der Waals surface area contributed by atoms with E-state index >= 15 is 0 Å². The number of nitrogens with one attached hydrogen (secondary N) is 4. The monoisotopic (exact) mass is 622 g/mol. The Hall–Kier alpha value is -5.64. The molecule has 0 aromatic heterocycles. The first-order valence-corrected chi connectivity index (χ1v) is 15.0. The van der Waals surface area contributed by atoms with Gasteiger partial charge in [-0.1, -0.05) is 121 Å². The fraction of sp³-hybridized carbons (Fsp3) is 0.222. The minimum Gasteiger partial charge on any atom is -0.445 e. The van der Waals surface area contributed by atoms with Crippen LogP contribution in [0.5, 0.6) is 0 Å². The molecule has 4 aromatic carbocycles. The summed E-state index contributed by atoms with van der Waals surface area (Å²) in [5.41, 5.74) is 3.35. The van der Waals surface area contributed by atoms with Gasteiger partial charge in [-0.15, -0.1) is 0 Å². The quantitative estimate of drug-likeness (QED) is 0.146. The van der Waals surface area contributed by atoms with Gasteiger partial charge in [0.25, 0.3) is 0 Å². The molecule has 0 bridgehead atoms. The van der Waals surface area contributed by atoms with Crippen LogP contribution in [0.25, 0.3) is 0 Å². The van der Waals surface area contributed by atoms with Crippen molar-refractivity contribution in [3.8, 4) is 0 Å². The highest BCUT2D eigenvalue weighted by Crippen LogP contribution is 2.07. The van der Waals surface area contributed by atoms with E-state index in [1.54, 1.807) is 0 Å². The van der Waals surface area contributed by atoms with Gasteiger partial charge in [0.05, 0.1) is 0 Å². The number of amides is 4. The molecule has 46 heavy (non-hydrogen) atoms. The number of alkyl carbamates (subject to hydrolysis) is 2. The van der Waals surface area contributed by atoms with E-state index in [0.717, 1.165) is 22.3 Å². The highest BCUT2D eigenvalue weighted by molar-refractivity contribution is 5.87. The van der Waals surface area contributed by atoms with Crippen molar-refractivity contribution in [3.05, 3.63) is 144 Å². The van der Waals surface area contributed by atoms with Gasteiger partial charge in [-0.25, -0.2) is 9.59 Å². The lowest BCUT2D eigenvalue weighted by Gasteiger charge is -2.20. The van der Waals surface area contributed by atoms with Crippen LogP contribution < -0.4 is 21.3 Å². The molecule has 0 heterocycles. The fourth-order valence-corrected chi connectivity index (χ4v) is 4.55. The fourth-order valence-electron chi connectivity index (χ4n) is 4.55. The third-order valence-electron chi connectivity index (χ3n) is 6.93. The zero-order valence-electron chi connectivity index (χ0n) is 25.4. The van der Waals surface area contributed by atoms with E-state index in [-0.39, 0.29) is 39.1 Å². The van der Waals surface area contributed by atoms with Gasteiger partial charge in [0.1, 0.15) is 25.3 Å². The van der Waals surface area contributed by atoms with Crippen LogP contribution in [0.3, 0.4) is 0 Å². The number of rotatable bonds is 15. The summed E-state index contributed by atoms with van der Waals surface area (Å²) in [7, 11) is 0. The van der Waals surface area contributed by atoms with Crippen molar-refractivity contribution in [1.82, 2.24) is 21.3 Å². The largest absolute Gasteiger partial charge is 0.445 e. The van der Waals surface area contributed by atoms with E-state index < -0.39 is 36.1 Å². The van der Waals surface area contributed by atoms with Crippen molar-refractivity contribution in [2.75, 3.05) is 13.1 Å². The van der Waals surface area contributed by atoms with Crippen molar-refractivity contribution in [3.63, 3.8) is 0 Å². The Bertz CT molecular complexity index is 1400. The molecule has 4 aromatic rings. The molecule has 0 aliphatic carbocycles. The van der Waals surface area contributed by atoms with Crippen LogP contribution >= 0.6 is 0 Å². The summed E-state index contributed by atoms with van der Waals surface area (Å²) in [6.07, 6.45) is -0.953. The Kier molecular flexibility index (Phi) is 13.2. The van der Waals surface area contributed by atoms with Gasteiger partial charge in [0, 0.05) is 25.9 Å². The van der Waals surface area contributed by atoms with E-state index in [9.17, 15) is 19.2 Å². The smallest absolute Gasteiger partial charge is 0.408 e. The molecular weight excluding hydrogens is 584 g/mol. The van der Waals surface area contributed by atoms with Crippen LogP contribution in [0.15, 0.2) is 121 Å². The molecule has 10 nitrogen and oxygen atoms in total. The normalized spacial score (nSPS) is 11.7. The molecule has 0 radical (unpaired) electrons. The summed E-state index contributed by atoms with van der Waals surface area (Å²) in [5.74, 6) is -0.864. The van der Waals surface area contributed by atoms with Crippen LogP contribution in [0.1, 0.15) is 22.3 Å². The molecule has 0 saturated carbocycles. The predicted molar refractivity (Wildman–Crippen MR) is 173 cm³/mol. The van der Waals surface area contributed by atoms with E-state index in [1.807, 2.05) is 121 Å². The zero-order chi connectivity index (χ0) is 32.4. The zero-order valence-corrected chi connectivity index (χ0v) is 25.4. The lowest BCUT2D eigenvalue weighted by Crippen LogP contribution is -2.51. The number of benzene rings is 4. The third-order valence-corrected chi connectivity index (χ3v) is 6.93. The summed E-state index contributed by atoms with van der Waals surface area (Å²) >= 11 is 0. The molecule has 0 unspecified atom stereocenters. The Morgan fingerprint density at radius 2 is 0.761 bits per heavy atom. The Morgan fingerprint density at radius 3 is 1.09 bits per heavy atom. The maximum Gasteiger partial charge on any atom is 0.408 e. The number of carbonyl (C=O) groups excluding carboxylic acids is 4. The van der Waals surface area contributed by atoms with E-state index in [1.165, 1.54) is 0 Å². The molecule has 0 fully saturated rings. The van der Waals surface area contributed by atoms with Crippen molar-refractivity contribution in [1.29, 1.82) is 0 Å². The first-order chi connectivity index (χ1) is 22.5. The Balaban J connectivity index is 1.29. The van der Waals surface area contributed by atoms with Gasteiger partial charge in [0.15, 0.2) is 0 Å². The van der Waals surface area contributed by atoms with Gasteiger partial charge in [-0.3, -0.25) is 9.59 Å². The third kappa shape index (κ3) is 11.8. The maximum atomic E-state index is 13.1. The standard InChI is InChI=1S/C36H38N4O6/c41-33(31(23-27-13-5-1-6-14-27)39-35(43)45-25-29-17-9-3-10-18-29)37-21-22-38-34(42)32(24-28-15-7-2-8-16-28)40-36(44)46-26-30-19-11-4-12-20-30/h1-20,31-32H,21-26H2,(H,37,41)(H,38,42)(H,39,43)(H,40,44)/t31-,32-/m0/s1. The summed E-state index contributed by atoms with van der Waals surface area (Å²) in [5, 5.41) is 10.8. The second-order valence-corrected chi connectivity index (χ2v) is 10.5. The van der Waals surface area contributed by atoms with Gasteiger partial charge >= 0.3 is 12.2 Å².